The van der Waals surface area contributed by atoms with Crippen LogP contribution in [0.2, 0.25) is 0 Å². The lowest BCUT2D eigenvalue weighted by molar-refractivity contribution is 0.371. The Kier molecular flexibility index (Phi) is 6.30. The van der Waals surface area contributed by atoms with Gasteiger partial charge in [-0.2, -0.15) is 0 Å². The average Bonchev–Trinajstić information content (AvgIpc) is 3.18. The summed E-state index contributed by atoms with van der Waals surface area (Å²) in [5.74, 6) is 1.22. The van der Waals surface area contributed by atoms with E-state index in [0.717, 1.165) is 18.7 Å². The Morgan fingerprint density at radius 1 is 1.40 bits per heavy atom. The van der Waals surface area contributed by atoms with E-state index in [-0.39, 0.29) is 24.0 Å². The van der Waals surface area contributed by atoms with Crippen molar-refractivity contribution in [2.75, 3.05) is 11.9 Å². The van der Waals surface area contributed by atoms with Crippen LogP contribution in [-0.2, 0) is 6.42 Å². The predicted octanol–water partition coefficient (Wildman–Crippen LogP) is 4.03. The highest BCUT2D eigenvalue weighted by Gasteiger charge is 2.45. The monoisotopic (exact) mass is 387 g/mol. The molecule has 0 aromatic heterocycles. The molecule has 0 radical (unpaired) electrons. The molecule has 1 fully saturated rings. The van der Waals surface area contributed by atoms with Crippen molar-refractivity contribution in [3.05, 3.63) is 29.8 Å². The van der Waals surface area contributed by atoms with Gasteiger partial charge in [0.25, 0.3) is 0 Å². The number of anilines is 1. The number of nitrogens with zero attached hydrogens (tertiary/aromatic N) is 1. The van der Waals surface area contributed by atoms with E-state index >= 15 is 0 Å². The quantitative estimate of drug-likeness (QED) is 0.455. The first kappa shape index (κ1) is 17.3. The van der Waals surface area contributed by atoms with Crippen LogP contribution in [0.5, 0.6) is 0 Å². The van der Waals surface area contributed by atoms with E-state index in [1.165, 1.54) is 18.4 Å². The van der Waals surface area contributed by atoms with Gasteiger partial charge in [-0.3, -0.25) is 4.99 Å². The van der Waals surface area contributed by atoms with Crippen molar-refractivity contribution in [3.8, 4) is 0 Å². The molecule has 1 aromatic rings. The summed E-state index contributed by atoms with van der Waals surface area (Å²) in [7, 11) is 0. The highest BCUT2D eigenvalue weighted by molar-refractivity contribution is 14.0. The Labute approximate surface area is 139 Å². The fourth-order valence-electron chi connectivity index (χ4n) is 2.38. The van der Waals surface area contributed by atoms with E-state index in [0.29, 0.717) is 17.3 Å². The van der Waals surface area contributed by atoms with Gasteiger partial charge in [0.1, 0.15) is 0 Å². The maximum atomic E-state index is 5.97. The third-order valence-corrected chi connectivity index (χ3v) is 4.29. The highest BCUT2D eigenvalue weighted by Crippen LogP contribution is 2.51. The van der Waals surface area contributed by atoms with Crippen LogP contribution in [0.15, 0.2) is 29.3 Å². The number of aliphatic imine (C=N–C) groups is 1. The second-order valence-electron chi connectivity index (χ2n) is 5.90. The number of rotatable bonds is 5. The lowest BCUT2D eigenvalue weighted by Gasteiger charge is -2.17. The summed E-state index contributed by atoms with van der Waals surface area (Å²) in [5, 5.41) is 3.18. The maximum absolute atomic E-state index is 5.97. The first-order chi connectivity index (χ1) is 9.05. The third kappa shape index (κ3) is 4.36. The summed E-state index contributed by atoms with van der Waals surface area (Å²) in [6.07, 6.45) is 3.60. The van der Waals surface area contributed by atoms with Crippen molar-refractivity contribution >= 4 is 35.6 Å². The Morgan fingerprint density at radius 3 is 2.65 bits per heavy atom. The van der Waals surface area contributed by atoms with Gasteiger partial charge < -0.3 is 11.1 Å². The number of aryl methyl sites for hydroxylation is 1. The minimum absolute atomic E-state index is 0. The summed E-state index contributed by atoms with van der Waals surface area (Å²) in [6, 6.07) is 8.32. The minimum Gasteiger partial charge on any atom is -0.370 e. The summed E-state index contributed by atoms with van der Waals surface area (Å²) in [6.45, 7) is 7.54. The Bertz CT molecular complexity index is 465. The molecule has 0 amide bonds. The lowest BCUT2D eigenvalue weighted by atomic mass is 9.93. The number of nitrogens with two attached hydrogens (primary N) is 1. The van der Waals surface area contributed by atoms with Crippen LogP contribution >= 0.6 is 24.0 Å². The van der Waals surface area contributed by atoms with Crippen LogP contribution in [0.25, 0.3) is 0 Å². The molecule has 1 aliphatic carbocycles. The van der Waals surface area contributed by atoms with Gasteiger partial charge in [-0.15, -0.1) is 24.0 Å². The molecular weight excluding hydrogens is 361 g/mol. The standard InChI is InChI=1S/C16H25N3.HI/c1-4-13-6-5-7-14(10-13)19-15(17)18-11-16(8-9-16)12(2)3;/h5-7,10,12H,4,8-9,11H2,1-3H3,(H3,17,18,19);1H. The first-order valence-electron chi connectivity index (χ1n) is 7.21. The molecule has 2 rings (SSSR count). The van der Waals surface area contributed by atoms with Crippen molar-refractivity contribution in [2.45, 2.75) is 40.0 Å². The summed E-state index contributed by atoms with van der Waals surface area (Å²) >= 11 is 0. The van der Waals surface area contributed by atoms with Crippen molar-refractivity contribution in [1.82, 2.24) is 0 Å². The van der Waals surface area contributed by atoms with Gasteiger partial charge in [-0.1, -0.05) is 32.9 Å². The van der Waals surface area contributed by atoms with Gasteiger partial charge in [0.15, 0.2) is 5.96 Å². The summed E-state index contributed by atoms with van der Waals surface area (Å²) < 4.78 is 0. The topological polar surface area (TPSA) is 50.4 Å². The van der Waals surface area contributed by atoms with E-state index < -0.39 is 0 Å². The number of guanidine groups is 1. The smallest absolute Gasteiger partial charge is 0.193 e. The molecule has 0 heterocycles. The van der Waals surface area contributed by atoms with E-state index in [1.807, 2.05) is 12.1 Å². The molecule has 1 saturated carbocycles. The highest BCUT2D eigenvalue weighted by atomic mass is 127. The molecule has 20 heavy (non-hydrogen) atoms. The second-order valence-corrected chi connectivity index (χ2v) is 5.90. The summed E-state index contributed by atoms with van der Waals surface area (Å²) in [4.78, 5) is 4.51. The van der Waals surface area contributed by atoms with E-state index in [1.54, 1.807) is 0 Å². The SMILES string of the molecule is CCc1cccc(NC(N)=NCC2(C(C)C)CC2)c1.I. The molecular formula is C16H26IN3. The zero-order valence-corrected chi connectivity index (χ0v) is 15.0. The number of benzene rings is 1. The Morgan fingerprint density at radius 2 is 2.10 bits per heavy atom. The van der Waals surface area contributed by atoms with E-state index in [2.05, 4.69) is 43.2 Å². The maximum Gasteiger partial charge on any atom is 0.193 e. The first-order valence-corrected chi connectivity index (χ1v) is 7.21. The molecule has 3 N–H and O–H groups in total. The van der Waals surface area contributed by atoms with Gasteiger partial charge in [0, 0.05) is 12.2 Å². The van der Waals surface area contributed by atoms with Crippen molar-refractivity contribution in [1.29, 1.82) is 0 Å². The second kappa shape index (κ2) is 7.29. The van der Waals surface area contributed by atoms with Gasteiger partial charge in [0.2, 0.25) is 0 Å². The molecule has 0 unspecified atom stereocenters. The minimum atomic E-state index is 0. The van der Waals surface area contributed by atoms with Gasteiger partial charge in [-0.25, -0.2) is 0 Å². The van der Waals surface area contributed by atoms with Crippen molar-refractivity contribution in [2.24, 2.45) is 22.1 Å². The zero-order valence-electron chi connectivity index (χ0n) is 12.6. The summed E-state index contributed by atoms with van der Waals surface area (Å²) in [5.41, 5.74) is 8.71. The molecule has 0 bridgehead atoms. The average molecular weight is 387 g/mol. The van der Waals surface area contributed by atoms with Crippen LogP contribution in [0.4, 0.5) is 5.69 Å². The molecule has 3 nitrogen and oxygen atoms in total. The van der Waals surface area contributed by atoms with Crippen LogP contribution in [-0.4, -0.2) is 12.5 Å². The van der Waals surface area contributed by atoms with Gasteiger partial charge in [0.05, 0.1) is 0 Å². The fraction of sp³-hybridized carbons (Fsp3) is 0.562. The number of hydrogen-bond donors (Lipinski definition) is 2. The van der Waals surface area contributed by atoms with Crippen molar-refractivity contribution < 1.29 is 0 Å². The molecule has 0 aliphatic heterocycles. The molecule has 0 atom stereocenters. The van der Waals surface area contributed by atoms with E-state index in [4.69, 9.17) is 5.73 Å². The van der Waals surface area contributed by atoms with Crippen LogP contribution in [0.3, 0.4) is 0 Å². The molecule has 0 spiro atoms. The van der Waals surface area contributed by atoms with Gasteiger partial charge in [-0.05, 0) is 48.3 Å². The number of hydrogen-bond acceptors (Lipinski definition) is 1. The molecule has 1 aromatic carbocycles. The molecule has 112 valence electrons. The molecule has 1 aliphatic rings. The Hall–Kier alpha value is -0.780. The van der Waals surface area contributed by atoms with Crippen LogP contribution < -0.4 is 11.1 Å². The van der Waals surface area contributed by atoms with Crippen LogP contribution in [0.1, 0.15) is 39.2 Å². The largest absolute Gasteiger partial charge is 0.370 e. The molecule has 4 heteroatoms. The molecule has 0 saturated heterocycles. The van der Waals surface area contributed by atoms with Crippen LogP contribution in [0, 0.1) is 11.3 Å². The Balaban J connectivity index is 0.00000200. The normalized spacial score (nSPS) is 16.7. The predicted molar refractivity (Wildman–Crippen MR) is 97.9 cm³/mol. The lowest BCUT2D eigenvalue weighted by Crippen LogP contribution is -2.25. The third-order valence-electron chi connectivity index (χ3n) is 4.29. The van der Waals surface area contributed by atoms with Gasteiger partial charge >= 0.3 is 0 Å². The number of halogens is 1. The van der Waals surface area contributed by atoms with E-state index in [9.17, 15) is 0 Å². The van der Waals surface area contributed by atoms with Crippen molar-refractivity contribution in [3.63, 3.8) is 0 Å². The zero-order chi connectivity index (χ0) is 13.9. The number of nitrogens with one attached hydrogen (secondary N) is 1. The fourth-order valence-corrected chi connectivity index (χ4v) is 2.38.